The molecule has 5 nitrogen and oxygen atoms in total. The van der Waals surface area contributed by atoms with E-state index in [9.17, 15) is 9.59 Å². The Morgan fingerprint density at radius 1 is 1.18 bits per heavy atom. The van der Waals surface area contributed by atoms with Crippen molar-refractivity contribution >= 4 is 40.4 Å². The van der Waals surface area contributed by atoms with Crippen molar-refractivity contribution in [2.45, 2.75) is 25.8 Å². The van der Waals surface area contributed by atoms with E-state index in [1.54, 1.807) is 48.6 Å². The first kappa shape index (κ1) is 23.3. The molecule has 1 aliphatic heterocycles. The molecule has 7 heteroatoms. The summed E-state index contributed by atoms with van der Waals surface area (Å²) in [6.45, 7) is 4.72. The lowest BCUT2D eigenvalue weighted by Crippen LogP contribution is -2.48. The van der Waals surface area contributed by atoms with Crippen LogP contribution in [0.5, 0.6) is 5.75 Å². The summed E-state index contributed by atoms with van der Waals surface area (Å²) >= 11 is 7.82. The van der Waals surface area contributed by atoms with Crippen LogP contribution in [0.15, 0.2) is 60.0 Å². The second-order valence-electron chi connectivity index (χ2n) is 8.59. The molecule has 4 rings (SSSR count). The molecule has 0 N–H and O–H groups in total. The molecule has 0 saturated heterocycles. The molecule has 0 bridgehead atoms. The average Bonchev–Trinajstić information content (AvgIpc) is 3.34. The number of halogens is 1. The second-order valence-corrected chi connectivity index (χ2v) is 10.0. The van der Waals surface area contributed by atoms with E-state index < -0.39 is 12.0 Å². The Kier molecular flexibility index (Phi) is 6.77. The standard InChI is InChI=1S/C26H27ClN2O3S/c1-16(2)15-29-24(22-10-7-13-33-22)23(18-8-5-6-9-19(18)25(29)30)26(31)28(3)20-14-17(27)11-12-21(20)32-4/h5-14,16,23-24H,15H2,1-4H3. The van der Waals surface area contributed by atoms with Crippen LogP contribution in [-0.4, -0.2) is 37.4 Å². The van der Waals surface area contributed by atoms with Gasteiger partial charge in [-0.15, -0.1) is 11.3 Å². The van der Waals surface area contributed by atoms with Crippen LogP contribution in [-0.2, 0) is 4.79 Å². The molecule has 1 aliphatic rings. The van der Waals surface area contributed by atoms with Crippen molar-refractivity contribution in [2.24, 2.45) is 5.92 Å². The topological polar surface area (TPSA) is 49.9 Å². The third-order valence-corrected chi connectivity index (χ3v) is 7.11. The van der Waals surface area contributed by atoms with Crippen LogP contribution in [0.25, 0.3) is 0 Å². The summed E-state index contributed by atoms with van der Waals surface area (Å²) in [7, 11) is 3.30. The normalized spacial score (nSPS) is 17.8. The van der Waals surface area contributed by atoms with Crippen LogP contribution in [0.4, 0.5) is 5.69 Å². The predicted octanol–water partition coefficient (Wildman–Crippen LogP) is 6.01. The summed E-state index contributed by atoms with van der Waals surface area (Å²) in [5, 5.41) is 2.50. The van der Waals surface area contributed by atoms with Crippen LogP contribution in [0.1, 0.15) is 46.6 Å². The third kappa shape index (κ3) is 4.37. The highest BCUT2D eigenvalue weighted by atomic mass is 35.5. The Bertz CT molecular complexity index is 1160. The Morgan fingerprint density at radius 2 is 1.94 bits per heavy atom. The smallest absolute Gasteiger partial charge is 0.254 e. The molecule has 33 heavy (non-hydrogen) atoms. The summed E-state index contributed by atoms with van der Waals surface area (Å²) in [6, 6.07) is 16.2. The number of amides is 2. The maximum Gasteiger partial charge on any atom is 0.254 e. The Labute approximate surface area is 203 Å². The van der Waals surface area contributed by atoms with Crippen LogP contribution < -0.4 is 9.64 Å². The number of carbonyl (C=O) groups is 2. The van der Waals surface area contributed by atoms with Gasteiger partial charge in [-0.1, -0.05) is 49.7 Å². The molecule has 2 amide bonds. The van der Waals surface area contributed by atoms with Gasteiger partial charge in [-0.25, -0.2) is 0 Å². The van der Waals surface area contributed by atoms with Gasteiger partial charge in [0, 0.05) is 29.1 Å². The number of benzene rings is 2. The van der Waals surface area contributed by atoms with Crippen molar-refractivity contribution in [3.05, 3.63) is 81.0 Å². The molecule has 2 atom stereocenters. The number of anilines is 1. The first-order valence-corrected chi connectivity index (χ1v) is 12.1. The lowest BCUT2D eigenvalue weighted by Gasteiger charge is -2.43. The molecular formula is C26H27ClN2O3S. The molecule has 0 saturated carbocycles. The van der Waals surface area contributed by atoms with E-state index in [1.165, 1.54) is 0 Å². The Hall–Kier alpha value is -2.83. The van der Waals surface area contributed by atoms with E-state index >= 15 is 0 Å². The average molecular weight is 483 g/mol. The SMILES string of the molecule is COc1ccc(Cl)cc1N(C)C(=O)C1c2ccccc2C(=O)N(CC(C)C)C1c1cccs1. The number of rotatable bonds is 6. The van der Waals surface area contributed by atoms with Crippen LogP contribution in [0.2, 0.25) is 5.02 Å². The summed E-state index contributed by atoms with van der Waals surface area (Å²) in [5.41, 5.74) is 1.92. The van der Waals surface area contributed by atoms with Crippen LogP contribution in [0, 0.1) is 5.92 Å². The van der Waals surface area contributed by atoms with Gasteiger partial charge in [-0.3, -0.25) is 9.59 Å². The van der Waals surface area contributed by atoms with Crippen molar-refractivity contribution in [3.8, 4) is 5.75 Å². The lowest BCUT2D eigenvalue weighted by atomic mass is 9.80. The minimum atomic E-state index is -0.565. The number of methoxy groups -OCH3 is 1. The predicted molar refractivity (Wildman–Crippen MR) is 134 cm³/mol. The third-order valence-electron chi connectivity index (χ3n) is 5.93. The largest absolute Gasteiger partial charge is 0.495 e. The lowest BCUT2D eigenvalue weighted by molar-refractivity contribution is -0.121. The zero-order valence-electron chi connectivity index (χ0n) is 19.1. The van der Waals surface area contributed by atoms with Gasteiger partial charge in [0.15, 0.2) is 0 Å². The van der Waals surface area contributed by atoms with Gasteiger partial charge in [-0.05, 0) is 47.2 Å². The van der Waals surface area contributed by atoms with Gasteiger partial charge in [0.05, 0.1) is 24.8 Å². The highest BCUT2D eigenvalue weighted by Gasteiger charge is 2.45. The van der Waals surface area contributed by atoms with Crippen molar-refractivity contribution < 1.29 is 14.3 Å². The minimum absolute atomic E-state index is 0.0373. The van der Waals surface area contributed by atoms with E-state index in [2.05, 4.69) is 13.8 Å². The van der Waals surface area contributed by atoms with E-state index in [0.29, 0.717) is 28.6 Å². The monoisotopic (exact) mass is 482 g/mol. The molecule has 1 aromatic heterocycles. The molecule has 2 unspecified atom stereocenters. The second kappa shape index (κ2) is 9.57. The maximum atomic E-state index is 14.2. The summed E-state index contributed by atoms with van der Waals surface area (Å²) in [5.74, 6) is 0.0858. The maximum absolute atomic E-state index is 14.2. The fourth-order valence-electron chi connectivity index (χ4n) is 4.48. The summed E-state index contributed by atoms with van der Waals surface area (Å²) in [4.78, 5) is 32.2. The molecule has 3 aromatic rings. The van der Waals surface area contributed by atoms with Crippen molar-refractivity contribution in [2.75, 3.05) is 25.6 Å². The number of likely N-dealkylation sites (N-methyl/N-ethyl adjacent to an activating group) is 1. The first-order valence-electron chi connectivity index (χ1n) is 10.9. The number of hydrogen-bond donors (Lipinski definition) is 0. The van der Waals surface area contributed by atoms with Crippen LogP contribution in [0.3, 0.4) is 0 Å². The molecule has 0 radical (unpaired) electrons. The number of nitrogens with zero attached hydrogens (tertiary/aromatic N) is 2. The highest BCUT2D eigenvalue weighted by Crippen LogP contribution is 2.46. The van der Waals surface area contributed by atoms with Gasteiger partial charge in [0.2, 0.25) is 5.91 Å². The van der Waals surface area contributed by atoms with E-state index in [4.69, 9.17) is 16.3 Å². The Morgan fingerprint density at radius 3 is 2.61 bits per heavy atom. The molecule has 2 heterocycles. The molecule has 0 spiro atoms. The van der Waals surface area contributed by atoms with E-state index in [0.717, 1.165) is 10.4 Å². The van der Waals surface area contributed by atoms with Crippen LogP contribution >= 0.6 is 22.9 Å². The number of hydrogen-bond acceptors (Lipinski definition) is 4. The summed E-state index contributed by atoms with van der Waals surface area (Å²) in [6.07, 6.45) is 0. The molecule has 172 valence electrons. The van der Waals surface area contributed by atoms with Gasteiger partial charge >= 0.3 is 0 Å². The highest BCUT2D eigenvalue weighted by molar-refractivity contribution is 7.10. The fraction of sp³-hybridized carbons (Fsp3) is 0.308. The Balaban J connectivity index is 1.88. The zero-order valence-corrected chi connectivity index (χ0v) is 20.7. The quantitative estimate of drug-likeness (QED) is 0.432. The van der Waals surface area contributed by atoms with Gasteiger partial charge < -0.3 is 14.5 Å². The number of carbonyl (C=O) groups excluding carboxylic acids is 2. The molecule has 0 aliphatic carbocycles. The molecule has 0 fully saturated rings. The van der Waals surface area contributed by atoms with Crippen molar-refractivity contribution in [1.82, 2.24) is 4.90 Å². The van der Waals surface area contributed by atoms with E-state index in [-0.39, 0.29) is 17.7 Å². The summed E-state index contributed by atoms with van der Waals surface area (Å²) < 4.78 is 5.50. The molecular weight excluding hydrogens is 456 g/mol. The minimum Gasteiger partial charge on any atom is -0.495 e. The fourth-order valence-corrected chi connectivity index (χ4v) is 5.52. The molecule has 2 aromatic carbocycles. The first-order chi connectivity index (χ1) is 15.8. The zero-order chi connectivity index (χ0) is 23.7. The van der Waals surface area contributed by atoms with Crippen molar-refractivity contribution in [3.63, 3.8) is 0 Å². The number of fused-ring (bicyclic) bond motifs is 1. The van der Waals surface area contributed by atoms with E-state index in [1.807, 2.05) is 46.7 Å². The van der Waals surface area contributed by atoms with Gasteiger partial charge in [0.25, 0.3) is 5.91 Å². The number of thiophene rings is 1. The number of ether oxygens (including phenoxy) is 1. The van der Waals surface area contributed by atoms with Crippen molar-refractivity contribution in [1.29, 1.82) is 0 Å². The van der Waals surface area contributed by atoms with Gasteiger partial charge in [-0.2, -0.15) is 0 Å². The van der Waals surface area contributed by atoms with Gasteiger partial charge in [0.1, 0.15) is 5.75 Å².